The van der Waals surface area contributed by atoms with Gasteiger partial charge in [-0.1, -0.05) is 27.7 Å². The van der Waals surface area contributed by atoms with Gasteiger partial charge in [-0.05, 0) is 48.5 Å². The molecule has 0 radical (unpaired) electrons. The van der Waals surface area contributed by atoms with E-state index in [1.807, 2.05) is 12.1 Å². The number of hydrogen-bond acceptors (Lipinski definition) is 6. The van der Waals surface area contributed by atoms with Crippen LogP contribution in [0.1, 0.15) is 16.8 Å². The van der Waals surface area contributed by atoms with Gasteiger partial charge in [0.25, 0.3) is 0 Å². The van der Waals surface area contributed by atoms with E-state index in [1.165, 1.54) is 23.8 Å². The lowest BCUT2D eigenvalue weighted by molar-refractivity contribution is -0.128. The van der Waals surface area contributed by atoms with Gasteiger partial charge in [-0.3, -0.25) is 14.5 Å². The molecule has 1 saturated heterocycles. The van der Waals surface area contributed by atoms with Crippen molar-refractivity contribution in [2.45, 2.75) is 11.7 Å². The van der Waals surface area contributed by atoms with E-state index in [4.69, 9.17) is 0 Å². The van der Waals surface area contributed by atoms with E-state index in [1.54, 1.807) is 43.4 Å². The van der Waals surface area contributed by atoms with Crippen molar-refractivity contribution in [3.05, 3.63) is 58.6 Å². The largest absolute Gasteiger partial charge is 0.465 e. The van der Waals surface area contributed by atoms with Gasteiger partial charge in [-0.25, -0.2) is 9.79 Å². The molecule has 0 spiro atoms. The highest BCUT2D eigenvalue weighted by Crippen LogP contribution is 2.29. The van der Waals surface area contributed by atoms with Crippen molar-refractivity contribution >= 4 is 62.0 Å². The van der Waals surface area contributed by atoms with E-state index in [-0.39, 0.29) is 18.2 Å². The second kappa shape index (κ2) is 9.23. The fraction of sp³-hybridized carbons (Fsp3) is 0.200. The smallest absolute Gasteiger partial charge is 0.337 e. The number of benzene rings is 2. The number of nitrogens with one attached hydrogen (secondary N) is 1. The molecule has 1 atom stereocenters. The molecule has 2 aromatic carbocycles. The molecule has 1 aliphatic rings. The highest BCUT2D eigenvalue weighted by Gasteiger charge is 2.34. The number of esters is 1. The summed E-state index contributed by atoms with van der Waals surface area (Å²) in [5, 5.41) is 2.66. The van der Waals surface area contributed by atoms with E-state index in [0.29, 0.717) is 22.1 Å². The fourth-order valence-electron chi connectivity index (χ4n) is 2.55. The summed E-state index contributed by atoms with van der Waals surface area (Å²) >= 11 is 4.58. The van der Waals surface area contributed by atoms with E-state index in [2.05, 4.69) is 31.0 Å². The molecule has 29 heavy (non-hydrogen) atoms. The number of thioether (sulfide) groups is 1. The Morgan fingerprint density at radius 3 is 2.45 bits per heavy atom. The van der Waals surface area contributed by atoms with E-state index >= 15 is 0 Å². The Kier molecular flexibility index (Phi) is 6.71. The van der Waals surface area contributed by atoms with Gasteiger partial charge in [-0.15, -0.1) is 0 Å². The third kappa shape index (κ3) is 5.24. The summed E-state index contributed by atoms with van der Waals surface area (Å²) in [5.41, 5.74) is 1.62. The van der Waals surface area contributed by atoms with Crippen LogP contribution in [0.25, 0.3) is 0 Å². The van der Waals surface area contributed by atoms with Crippen LogP contribution in [-0.4, -0.2) is 47.3 Å². The van der Waals surface area contributed by atoms with Gasteiger partial charge in [0.2, 0.25) is 11.8 Å². The fourth-order valence-corrected chi connectivity index (χ4v) is 3.88. The van der Waals surface area contributed by atoms with Crippen molar-refractivity contribution in [2.75, 3.05) is 19.5 Å². The third-order valence-corrected chi connectivity index (χ3v) is 5.96. The number of ether oxygens (including phenoxy) is 1. The first-order valence-electron chi connectivity index (χ1n) is 8.64. The van der Waals surface area contributed by atoms with Crippen molar-refractivity contribution in [1.82, 2.24) is 4.90 Å². The van der Waals surface area contributed by atoms with Crippen LogP contribution in [0.2, 0.25) is 0 Å². The average Bonchev–Trinajstić information content (AvgIpc) is 2.72. The number of halogens is 1. The summed E-state index contributed by atoms with van der Waals surface area (Å²) in [6.45, 7) is 0. The zero-order valence-corrected chi connectivity index (χ0v) is 18.1. The van der Waals surface area contributed by atoms with Crippen molar-refractivity contribution < 1.29 is 19.1 Å². The predicted molar refractivity (Wildman–Crippen MR) is 116 cm³/mol. The lowest BCUT2D eigenvalue weighted by Gasteiger charge is -2.28. The van der Waals surface area contributed by atoms with Gasteiger partial charge in [0.1, 0.15) is 5.25 Å². The summed E-state index contributed by atoms with van der Waals surface area (Å²) < 4.78 is 5.58. The predicted octanol–water partition coefficient (Wildman–Crippen LogP) is 3.83. The second-order valence-corrected chi connectivity index (χ2v) is 8.28. The molecule has 1 fully saturated rings. The standard InChI is InChI=1S/C20H18BrN3O4S/c1-24-17(25)11-16(18(26)22-14-9-5-13(21)6-10-14)29-20(24)23-15-7-3-12(4-8-15)19(27)28-2/h3-10,16H,11H2,1-2H3,(H,22,26). The number of carbonyl (C=O) groups excluding carboxylic acids is 3. The van der Waals surface area contributed by atoms with Gasteiger partial charge in [0.05, 0.1) is 18.4 Å². The minimum absolute atomic E-state index is 0.0871. The van der Waals surface area contributed by atoms with Crippen LogP contribution in [0.4, 0.5) is 11.4 Å². The molecule has 1 N–H and O–H groups in total. The molecular formula is C20H18BrN3O4S. The number of methoxy groups -OCH3 is 1. The summed E-state index contributed by atoms with van der Waals surface area (Å²) in [6.07, 6.45) is 0.0871. The topological polar surface area (TPSA) is 88.1 Å². The maximum Gasteiger partial charge on any atom is 0.337 e. The summed E-state index contributed by atoms with van der Waals surface area (Å²) in [6, 6.07) is 13.7. The molecule has 0 bridgehead atoms. The van der Waals surface area contributed by atoms with Crippen molar-refractivity contribution in [2.24, 2.45) is 4.99 Å². The Labute approximate surface area is 180 Å². The number of amides is 2. The van der Waals surface area contributed by atoms with Crippen LogP contribution in [-0.2, 0) is 14.3 Å². The van der Waals surface area contributed by atoms with Crippen molar-refractivity contribution in [3.8, 4) is 0 Å². The quantitative estimate of drug-likeness (QED) is 0.678. The monoisotopic (exact) mass is 475 g/mol. The van der Waals surface area contributed by atoms with Crippen LogP contribution in [0.15, 0.2) is 58.0 Å². The van der Waals surface area contributed by atoms with Crippen LogP contribution in [0.5, 0.6) is 0 Å². The molecule has 2 amide bonds. The Balaban J connectivity index is 1.75. The Bertz CT molecular complexity index is 961. The number of amidine groups is 1. The molecule has 0 saturated carbocycles. The molecule has 0 aliphatic carbocycles. The molecule has 1 aliphatic heterocycles. The van der Waals surface area contributed by atoms with Gasteiger partial charge < -0.3 is 10.1 Å². The minimum atomic E-state index is -0.588. The first-order chi connectivity index (χ1) is 13.9. The van der Waals surface area contributed by atoms with Crippen LogP contribution in [0, 0.1) is 0 Å². The lowest BCUT2D eigenvalue weighted by atomic mass is 10.2. The number of carbonyl (C=O) groups is 3. The van der Waals surface area contributed by atoms with E-state index in [9.17, 15) is 14.4 Å². The second-order valence-electron chi connectivity index (χ2n) is 6.19. The summed E-state index contributed by atoms with van der Waals surface area (Å²) in [4.78, 5) is 42.4. The minimum Gasteiger partial charge on any atom is -0.465 e. The molecule has 2 aromatic rings. The normalized spacial score (nSPS) is 17.9. The van der Waals surface area contributed by atoms with Crippen LogP contribution in [0.3, 0.4) is 0 Å². The Hall–Kier alpha value is -2.65. The number of nitrogens with zero attached hydrogens (tertiary/aromatic N) is 2. The number of aliphatic imine (C=N–C) groups is 1. The lowest BCUT2D eigenvalue weighted by Crippen LogP contribution is -2.43. The maximum atomic E-state index is 12.6. The first kappa shape index (κ1) is 21.1. The van der Waals surface area contributed by atoms with Gasteiger partial charge in [-0.2, -0.15) is 0 Å². The molecule has 0 aromatic heterocycles. The van der Waals surface area contributed by atoms with E-state index < -0.39 is 11.2 Å². The van der Waals surface area contributed by atoms with Crippen LogP contribution < -0.4 is 5.32 Å². The summed E-state index contributed by atoms with van der Waals surface area (Å²) in [7, 11) is 2.94. The number of rotatable bonds is 4. The van der Waals surface area contributed by atoms with Crippen LogP contribution >= 0.6 is 27.7 Å². The molecule has 7 nitrogen and oxygen atoms in total. The van der Waals surface area contributed by atoms with Gasteiger partial charge >= 0.3 is 5.97 Å². The number of anilines is 1. The highest BCUT2D eigenvalue weighted by atomic mass is 79.9. The molecule has 3 rings (SSSR count). The summed E-state index contributed by atoms with van der Waals surface area (Å²) in [5.74, 6) is -0.884. The van der Waals surface area contributed by atoms with Gasteiger partial charge in [0, 0.05) is 23.6 Å². The zero-order chi connectivity index (χ0) is 21.0. The molecular weight excluding hydrogens is 458 g/mol. The Morgan fingerprint density at radius 1 is 1.17 bits per heavy atom. The molecule has 9 heteroatoms. The van der Waals surface area contributed by atoms with E-state index in [0.717, 1.165) is 4.47 Å². The molecule has 1 heterocycles. The highest BCUT2D eigenvalue weighted by molar-refractivity contribution is 9.10. The van der Waals surface area contributed by atoms with Crippen molar-refractivity contribution in [3.63, 3.8) is 0 Å². The zero-order valence-electron chi connectivity index (χ0n) is 15.7. The molecule has 1 unspecified atom stereocenters. The molecule has 150 valence electrons. The Morgan fingerprint density at radius 2 is 1.83 bits per heavy atom. The van der Waals surface area contributed by atoms with Gasteiger partial charge in [0.15, 0.2) is 5.17 Å². The maximum absolute atomic E-state index is 12.6. The SMILES string of the molecule is COC(=O)c1ccc(N=C2SC(C(=O)Nc3ccc(Br)cc3)CC(=O)N2C)cc1. The first-order valence-corrected chi connectivity index (χ1v) is 10.3. The van der Waals surface area contributed by atoms with Crippen molar-refractivity contribution in [1.29, 1.82) is 0 Å². The number of hydrogen-bond donors (Lipinski definition) is 1. The average molecular weight is 476 g/mol. The third-order valence-electron chi connectivity index (χ3n) is 4.19.